The number of hydrogen-bond acceptors (Lipinski definition) is 4. The van der Waals surface area contributed by atoms with Gasteiger partial charge in [0.2, 0.25) is 5.91 Å². The van der Waals surface area contributed by atoms with Gasteiger partial charge >= 0.3 is 0 Å². The molecule has 2 aromatic rings. The van der Waals surface area contributed by atoms with Gasteiger partial charge in [-0.15, -0.1) is 12.4 Å². The van der Waals surface area contributed by atoms with Crippen molar-refractivity contribution in [1.29, 1.82) is 0 Å². The summed E-state index contributed by atoms with van der Waals surface area (Å²) in [7, 11) is 0. The summed E-state index contributed by atoms with van der Waals surface area (Å²) < 4.78 is 1.13. The monoisotopic (exact) mass is 339 g/mol. The summed E-state index contributed by atoms with van der Waals surface area (Å²) in [4.78, 5) is 16.5. The Morgan fingerprint density at radius 3 is 2.95 bits per heavy atom. The highest BCUT2D eigenvalue weighted by Gasteiger charge is 2.15. The molecule has 120 valence electrons. The van der Waals surface area contributed by atoms with Gasteiger partial charge in [0, 0.05) is 6.42 Å². The second kappa shape index (κ2) is 7.90. The maximum atomic E-state index is 12.0. The molecule has 1 saturated heterocycles. The predicted octanol–water partition coefficient (Wildman–Crippen LogP) is 3.74. The molecule has 0 atom stereocenters. The van der Waals surface area contributed by atoms with Crippen molar-refractivity contribution in [1.82, 2.24) is 10.3 Å². The van der Waals surface area contributed by atoms with Crippen LogP contribution in [0.25, 0.3) is 10.2 Å². The molecule has 0 aliphatic carbocycles. The Bertz CT molecular complexity index is 637. The Morgan fingerprint density at radius 1 is 1.41 bits per heavy atom. The zero-order valence-electron chi connectivity index (χ0n) is 12.7. The molecule has 0 unspecified atom stereocenters. The molecule has 0 saturated carbocycles. The number of piperidine rings is 1. The number of hydrogen-bond donors (Lipinski definition) is 2. The second-order valence-corrected chi connectivity index (χ2v) is 6.80. The molecule has 4 nitrogen and oxygen atoms in total. The van der Waals surface area contributed by atoms with E-state index in [4.69, 9.17) is 0 Å². The molecule has 6 heteroatoms. The molecule has 2 heterocycles. The maximum absolute atomic E-state index is 12.0. The zero-order valence-corrected chi connectivity index (χ0v) is 14.4. The Labute approximate surface area is 141 Å². The number of carbonyl (C=O) groups is 1. The van der Waals surface area contributed by atoms with E-state index >= 15 is 0 Å². The fraction of sp³-hybridized carbons (Fsp3) is 0.500. The molecule has 3 rings (SSSR count). The summed E-state index contributed by atoms with van der Waals surface area (Å²) in [6.07, 6.45) is 3.96. The normalized spacial score (nSPS) is 15.5. The number of amides is 1. The van der Waals surface area contributed by atoms with Gasteiger partial charge in [-0.2, -0.15) is 0 Å². The average Bonchev–Trinajstić information content (AvgIpc) is 2.87. The molecule has 1 amide bonds. The summed E-state index contributed by atoms with van der Waals surface area (Å²) >= 11 is 1.55. The zero-order chi connectivity index (χ0) is 14.7. The van der Waals surface area contributed by atoms with Crippen LogP contribution >= 0.6 is 23.7 Å². The van der Waals surface area contributed by atoms with Crippen LogP contribution in [0.15, 0.2) is 18.2 Å². The first-order valence-electron chi connectivity index (χ1n) is 7.58. The van der Waals surface area contributed by atoms with E-state index in [0.29, 0.717) is 17.5 Å². The number of thiazole rings is 1. The first-order chi connectivity index (χ1) is 10.2. The van der Waals surface area contributed by atoms with Crippen LogP contribution in [0.3, 0.4) is 0 Å². The second-order valence-electron chi connectivity index (χ2n) is 5.77. The standard InChI is InChI=1S/C16H21N3OS.ClH/c1-11-2-4-13-14(10-11)21-16(18-13)19-15(20)5-3-12-6-8-17-9-7-12;/h2,4,10,12,17H,3,5-9H2,1H3,(H,18,19,20);1H. The minimum Gasteiger partial charge on any atom is -0.317 e. The molecule has 1 aliphatic rings. The Morgan fingerprint density at radius 2 is 2.18 bits per heavy atom. The highest BCUT2D eigenvalue weighted by Crippen LogP contribution is 2.27. The number of benzene rings is 1. The van der Waals surface area contributed by atoms with Gasteiger partial charge < -0.3 is 10.6 Å². The fourth-order valence-electron chi connectivity index (χ4n) is 2.77. The lowest BCUT2D eigenvalue weighted by atomic mass is 9.93. The van der Waals surface area contributed by atoms with E-state index in [0.717, 1.165) is 29.7 Å². The van der Waals surface area contributed by atoms with Crippen molar-refractivity contribution in [2.45, 2.75) is 32.6 Å². The van der Waals surface area contributed by atoms with Gasteiger partial charge in [-0.05, 0) is 62.9 Å². The number of fused-ring (bicyclic) bond motifs is 1. The van der Waals surface area contributed by atoms with E-state index in [1.165, 1.54) is 18.4 Å². The van der Waals surface area contributed by atoms with Gasteiger partial charge in [0.15, 0.2) is 5.13 Å². The van der Waals surface area contributed by atoms with Gasteiger partial charge in [-0.3, -0.25) is 4.79 Å². The Balaban J connectivity index is 0.00000176. The summed E-state index contributed by atoms with van der Waals surface area (Å²) in [5, 5.41) is 7.01. The first-order valence-corrected chi connectivity index (χ1v) is 8.40. The number of anilines is 1. The van der Waals surface area contributed by atoms with Crippen LogP contribution in [0.4, 0.5) is 5.13 Å². The molecule has 22 heavy (non-hydrogen) atoms. The predicted molar refractivity (Wildman–Crippen MR) is 95.1 cm³/mol. The third-order valence-electron chi connectivity index (χ3n) is 4.03. The van der Waals surface area contributed by atoms with Crippen LogP contribution < -0.4 is 10.6 Å². The molecule has 1 aromatic carbocycles. The molecular weight excluding hydrogens is 318 g/mol. The molecule has 0 bridgehead atoms. The van der Waals surface area contributed by atoms with Crippen molar-refractivity contribution < 1.29 is 4.79 Å². The van der Waals surface area contributed by atoms with Crippen LogP contribution in [0.1, 0.15) is 31.2 Å². The number of aryl methyl sites for hydroxylation is 1. The lowest BCUT2D eigenvalue weighted by Crippen LogP contribution is -2.28. The quantitative estimate of drug-likeness (QED) is 0.892. The van der Waals surface area contributed by atoms with Crippen LogP contribution in [0.5, 0.6) is 0 Å². The van der Waals surface area contributed by atoms with Crippen LogP contribution in [0, 0.1) is 12.8 Å². The summed E-state index contributed by atoms with van der Waals surface area (Å²) in [5.41, 5.74) is 2.18. The van der Waals surface area contributed by atoms with Gasteiger partial charge in [-0.1, -0.05) is 17.4 Å². The van der Waals surface area contributed by atoms with E-state index in [9.17, 15) is 4.79 Å². The fourth-order valence-corrected chi connectivity index (χ4v) is 3.75. The molecule has 0 spiro atoms. The molecular formula is C16H22ClN3OS. The number of carbonyl (C=O) groups excluding carboxylic acids is 1. The minimum atomic E-state index is 0. The molecule has 1 fully saturated rings. The third-order valence-corrected chi connectivity index (χ3v) is 4.96. The number of nitrogens with one attached hydrogen (secondary N) is 2. The van der Waals surface area contributed by atoms with Crippen LogP contribution in [-0.2, 0) is 4.79 Å². The number of aromatic nitrogens is 1. The van der Waals surface area contributed by atoms with Crippen molar-refractivity contribution >= 4 is 45.0 Å². The maximum Gasteiger partial charge on any atom is 0.226 e. The van der Waals surface area contributed by atoms with E-state index < -0.39 is 0 Å². The van der Waals surface area contributed by atoms with Gasteiger partial charge in [0.05, 0.1) is 10.2 Å². The van der Waals surface area contributed by atoms with Gasteiger partial charge in [0.1, 0.15) is 0 Å². The SMILES string of the molecule is Cc1ccc2nc(NC(=O)CCC3CCNCC3)sc2c1.Cl. The number of rotatable bonds is 4. The molecule has 0 radical (unpaired) electrons. The van der Waals surface area contributed by atoms with Crippen molar-refractivity contribution in [3.8, 4) is 0 Å². The first kappa shape index (κ1) is 17.2. The van der Waals surface area contributed by atoms with E-state index in [1.54, 1.807) is 11.3 Å². The number of halogens is 1. The smallest absolute Gasteiger partial charge is 0.226 e. The van der Waals surface area contributed by atoms with Crippen molar-refractivity contribution in [2.75, 3.05) is 18.4 Å². The molecule has 1 aromatic heterocycles. The van der Waals surface area contributed by atoms with Gasteiger partial charge in [-0.25, -0.2) is 4.98 Å². The largest absolute Gasteiger partial charge is 0.317 e. The van der Waals surface area contributed by atoms with Gasteiger partial charge in [0.25, 0.3) is 0 Å². The van der Waals surface area contributed by atoms with Crippen molar-refractivity contribution in [3.63, 3.8) is 0 Å². The Hall–Kier alpha value is -1.17. The van der Waals surface area contributed by atoms with Crippen LogP contribution in [0.2, 0.25) is 0 Å². The molecule has 1 aliphatic heterocycles. The average molecular weight is 340 g/mol. The summed E-state index contributed by atoms with van der Waals surface area (Å²) in [6, 6.07) is 6.16. The van der Waals surface area contributed by atoms with E-state index in [-0.39, 0.29) is 18.3 Å². The van der Waals surface area contributed by atoms with Crippen LogP contribution in [-0.4, -0.2) is 24.0 Å². The summed E-state index contributed by atoms with van der Waals surface area (Å²) in [6.45, 7) is 4.24. The lowest BCUT2D eigenvalue weighted by Gasteiger charge is -2.21. The minimum absolute atomic E-state index is 0. The molecule has 2 N–H and O–H groups in total. The topological polar surface area (TPSA) is 54.0 Å². The number of nitrogens with zero attached hydrogens (tertiary/aromatic N) is 1. The van der Waals surface area contributed by atoms with E-state index in [1.807, 2.05) is 12.1 Å². The summed E-state index contributed by atoms with van der Waals surface area (Å²) in [5.74, 6) is 0.777. The highest BCUT2D eigenvalue weighted by molar-refractivity contribution is 7.22. The lowest BCUT2D eigenvalue weighted by molar-refractivity contribution is -0.116. The third kappa shape index (κ3) is 4.41. The van der Waals surface area contributed by atoms with Crippen molar-refractivity contribution in [3.05, 3.63) is 23.8 Å². The van der Waals surface area contributed by atoms with E-state index in [2.05, 4.69) is 28.6 Å². The highest BCUT2D eigenvalue weighted by atomic mass is 35.5. The Kier molecular flexibility index (Phi) is 6.17. The van der Waals surface area contributed by atoms with Crippen molar-refractivity contribution in [2.24, 2.45) is 5.92 Å².